The van der Waals surface area contributed by atoms with Crippen LogP contribution in [-0.4, -0.2) is 72.9 Å². The van der Waals surface area contributed by atoms with Crippen molar-refractivity contribution in [1.82, 2.24) is 10.2 Å². The van der Waals surface area contributed by atoms with Crippen LogP contribution in [0.25, 0.3) is 11.1 Å². The maximum Gasteiger partial charge on any atom is 0.407 e. The normalized spacial score (nSPS) is 15.9. The average Bonchev–Trinajstić information content (AvgIpc) is 3.09. The molecule has 2 amide bonds. The molecule has 1 unspecified atom stereocenters. The average molecular weight is 474 g/mol. The van der Waals surface area contributed by atoms with Crippen LogP contribution in [0, 0.1) is 0 Å². The van der Waals surface area contributed by atoms with E-state index in [-0.39, 0.29) is 25.6 Å². The standard InChI is InChI=1S/C24H24F2N2O6/c25-23(26)20(9-21(29)28-10-14(11-28)33-13-22(30)31)27-24(32)34-12-19-17-7-3-1-5-15(17)16-6-2-4-8-18(16)19/h1-8,14,19-20,23H,9-13H2,(H,27,32)(H,30,31). The zero-order valence-corrected chi connectivity index (χ0v) is 18.2. The summed E-state index contributed by atoms with van der Waals surface area (Å²) in [5.41, 5.74) is 4.08. The molecule has 0 bridgehead atoms. The molecule has 34 heavy (non-hydrogen) atoms. The van der Waals surface area contributed by atoms with Crippen LogP contribution in [0.4, 0.5) is 13.6 Å². The molecule has 1 atom stereocenters. The fourth-order valence-corrected chi connectivity index (χ4v) is 4.25. The summed E-state index contributed by atoms with van der Waals surface area (Å²) in [5.74, 6) is -1.93. The molecular weight excluding hydrogens is 450 g/mol. The molecule has 2 N–H and O–H groups in total. The molecule has 2 aromatic carbocycles. The van der Waals surface area contributed by atoms with Gasteiger partial charge in [0, 0.05) is 19.0 Å². The highest BCUT2D eigenvalue weighted by Crippen LogP contribution is 2.44. The molecule has 2 aliphatic rings. The minimum Gasteiger partial charge on any atom is -0.480 e. The van der Waals surface area contributed by atoms with E-state index < -0.39 is 49.6 Å². The Balaban J connectivity index is 1.29. The van der Waals surface area contributed by atoms with Crippen LogP contribution in [0.3, 0.4) is 0 Å². The van der Waals surface area contributed by atoms with Gasteiger partial charge in [-0.2, -0.15) is 0 Å². The lowest BCUT2D eigenvalue weighted by atomic mass is 9.98. The zero-order chi connectivity index (χ0) is 24.2. The number of fused-ring (bicyclic) bond motifs is 3. The highest BCUT2D eigenvalue weighted by Gasteiger charge is 2.35. The van der Waals surface area contributed by atoms with E-state index in [2.05, 4.69) is 5.32 Å². The Labute approximate surface area is 194 Å². The topological polar surface area (TPSA) is 105 Å². The van der Waals surface area contributed by atoms with Crippen molar-refractivity contribution in [2.45, 2.75) is 30.9 Å². The van der Waals surface area contributed by atoms with E-state index in [0.717, 1.165) is 22.3 Å². The molecule has 4 rings (SSSR count). The summed E-state index contributed by atoms with van der Waals surface area (Å²) in [6, 6.07) is 13.8. The lowest BCUT2D eigenvalue weighted by molar-refractivity contribution is -0.155. The van der Waals surface area contributed by atoms with Gasteiger partial charge in [-0.15, -0.1) is 0 Å². The highest BCUT2D eigenvalue weighted by atomic mass is 19.3. The van der Waals surface area contributed by atoms with Crippen molar-refractivity contribution in [3.05, 3.63) is 59.7 Å². The summed E-state index contributed by atoms with van der Waals surface area (Å²) in [7, 11) is 0. The third kappa shape index (κ3) is 5.17. The molecule has 0 spiro atoms. The summed E-state index contributed by atoms with van der Waals surface area (Å²) in [5, 5.41) is 10.7. The van der Waals surface area contributed by atoms with Crippen LogP contribution in [0.5, 0.6) is 0 Å². The first kappa shape index (κ1) is 23.6. The second kappa shape index (κ2) is 10.2. The predicted molar refractivity (Wildman–Crippen MR) is 117 cm³/mol. The van der Waals surface area contributed by atoms with Crippen molar-refractivity contribution in [2.24, 2.45) is 0 Å². The third-order valence-corrected chi connectivity index (χ3v) is 5.99. The number of alkyl halides is 2. The number of benzene rings is 2. The lowest BCUT2D eigenvalue weighted by Gasteiger charge is -2.39. The Kier molecular flexibility index (Phi) is 7.06. The summed E-state index contributed by atoms with van der Waals surface area (Å²) in [4.78, 5) is 36.4. The van der Waals surface area contributed by atoms with Gasteiger partial charge in [-0.25, -0.2) is 18.4 Å². The summed E-state index contributed by atoms with van der Waals surface area (Å²) in [6.45, 7) is -0.284. The number of nitrogens with zero attached hydrogens (tertiary/aromatic N) is 1. The Bertz CT molecular complexity index is 1030. The van der Waals surface area contributed by atoms with Crippen LogP contribution >= 0.6 is 0 Å². The van der Waals surface area contributed by atoms with Gasteiger partial charge in [0.25, 0.3) is 6.43 Å². The van der Waals surface area contributed by atoms with E-state index in [4.69, 9.17) is 14.6 Å². The number of carbonyl (C=O) groups excluding carboxylic acids is 2. The quantitative estimate of drug-likeness (QED) is 0.579. The minimum atomic E-state index is -2.97. The van der Waals surface area contributed by atoms with Crippen LogP contribution < -0.4 is 5.32 Å². The molecule has 1 aliphatic carbocycles. The molecular formula is C24H24F2N2O6. The fraction of sp³-hybridized carbons (Fsp3) is 0.375. The first-order valence-corrected chi connectivity index (χ1v) is 10.8. The number of amides is 2. The number of carboxylic acids is 1. The van der Waals surface area contributed by atoms with E-state index in [1.165, 1.54) is 4.90 Å². The summed E-state index contributed by atoms with van der Waals surface area (Å²) in [6.07, 6.45) is -5.04. The Morgan fingerprint density at radius 1 is 1.03 bits per heavy atom. The van der Waals surface area contributed by atoms with Gasteiger partial charge < -0.3 is 24.8 Å². The lowest BCUT2D eigenvalue weighted by Crippen LogP contribution is -2.56. The van der Waals surface area contributed by atoms with Crippen LogP contribution in [-0.2, 0) is 19.1 Å². The third-order valence-electron chi connectivity index (χ3n) is 5.99. The number of likely N-dealkylation sites (tertiary alicyclic amines) is 1. The van der Waals surface area contributed by atoms with Gasteiger partial charge in [0.15, 0.2) is 0 Å². The molecule has 1 aliphatic heterocycles. The number of hydrogen-bond acceptors (Lipinski definition) is 5. The van der Waals surface area contributed by atoms with Gasteiger partial charge in [-0.05, 0) is 22.3 Å². The van der Waals surface area contributed by atoms with E-state index in [1.807, 2.05) is 48.5 Å². The number of carbonyl (C=O) groups is 3. The number of ether oxygens (including phenoxy) is 2. The Morgan fingerprint density at radius 2 is 1.62 bits per heavy atom. The van der Waals surface area contributed by atoms with Gasteiger partial charge >= 0.3 is 12.1 Å². The largest absolute Gasteiger partial charge is 0.480 e. The smallest absolute Gasteiger partial charge is 0.407 e. The number of carboxylic acid groups (broad SMARTS) is 1. The van der Waals surface area contributed by atoms with Crippen LogP contribution in [0.15, 0.2) is 48.5 Å². The van der Waals surface area contributed by atoms with Crippen molar-refractivity contribution in [3.63, 3.8) is 0 Å². The molecule has 1 saturated heterocycles. The number of aliphatic carboxylic acids is 1. The highest BCUT2D eigenvalue weighted by molar-refractivity contribution is 5.80. The second-order valence-electron chi connectivity index (χ2n) is 8.24. The van der Waals surface area contributed by atoms with E-state index in [9.17, 15) is 23.2 Å². The summed E-state index contributed by atoms with van der Waals surface area (Å²) >= 11 is 0. The monoisotopic (exact) mass is 474 g/mol. The molecule has 0 aromatic heterocycles. The van der Waals surface area contributed by atoms with Crippen molar-refractivity contribution in [2.75, 3.05) is 26.3 Å². The SMILES string of the molecule is O=C(O)COC1CN(C(=O)CC(NC(=O)OCC2c3ccccc3-c3ccccc32)C(F)F)C1. The maximum absolute atomic E-state index is 13.5. The van der Waals surface area contributed by atoms with Gasteiger partial charge in [0.2, 0.25) is 5.91 Å². The van der Waals surface area contributed by atoms with Crippen molar-refractivity contribution < 1.29 is 37.7 Å². The number of nitrogens with one attached hydrogen (secondary N) is 1. The van der Waals surface area contributed by atoms with Gasteiger partial charge in [0.05, 0.1) is 12.5 Å². The van der Waals surface area contributed by atoms with Gasteiger partial charge in [0.1, 0.15) is 19.3 Å². The Morgan fingerprint density at radius 3 is 2.18 bits per heavy atom. The molecule has 1 fully saturated rings. The maximum atomic E-state index is 13.5. The Hall–Kier alpha value is -3.53. The molecule has 0 saturated carbocycles. The molecule has 0 radical (unpaired) electrons. The van der Waals surface area contributed by atoms with E-state index >= 15 is 0 Å². The van der Waals surface area contributed by atoms with Crippen molar-refractivity contribution >= 4 is 18.0 Å². The van der Waals surface area contributed by atoms with Crippen molar-refractivity contribution in [3.8, 4) is 11.1 Å². The molecule has 180 valence electrons. The second-order valence-corrected chi connectivity index (χ2v) is 8.24. The fourth-order valence-electron chi connectivity index (χ4n) is 4.25. The first-order valence-electron chi connectivity index (χ1n) is 10.8. The molecule has 10 heteroatoms. The van der Waals surface area contributed by atoms with Crippen LogP contribution in [0.1, 0.15) is 23.5 Å². The molecule has 8 nitrogen and oxygen atoms in total. The number of halogens is 2. The van der Waals surface area contributed by atoms with Crippen molar-refractivity contribution in [1.29, 1.82) is 0 Å². The zero-order valence-electron chi connectivity index (χ0n) is 18.2. The van der Waals surface area contributed by atoms with Gasteiger partial charge in [-0.1, -0.05) is 48.5 Å². The molecule has 1 heterocycles. The number of rotatable bonds is 9. The van der Waals surface area contributed by atoms with E-state index in [0.29, 0.717) is 0 Å². The number of alkyl carbamates (subject to hydrolysis) is 1. The molecule has 2 aromatic rings. The van der Waals surface area contributed by atoms with Crippen LogP contribution in [0.2, 0.25) is 0 Å². The minimum absolute atomic E-state index is 0.0293. The predicted octanol–water partition coefficient (Wildman–Crippen LogP) is 2.86. The van der Waals surface area contributed by atoms with E-state index in [1.54, 1.807) is 0 Å². The number of hydrogen-bond donors (Lipinski definition) is 2. The first-order chi connectivity index (χ1) is 16.3. The van der Waals surface area contributed by atoms with Gasteiger partial charge in [-0.3, -0.25) is 4.79 Å². The summed E-state index contributed by atoms with van der Waals surface area (Å²) < 4.78 is 37.3.